The van der Waals surface area contributed by atoms with Crippen LogP contribution in [-0.2, 0) is 11.2 Å². The second-order valence-electron chi connectivity index (χ2n) is 12.4. The average Bonchev–Trinajstić information content (AvgIpc) is 3.05. The molecule has 11 heteroatoms. The maximum atomic E-state index is 12.4. The van der Waals surface area contributed by atoms with Gasteiger partial charge in [-0.15, -0.1) is 0 Å². The molecule has 3 fully saturated rings. The Labute approximate surface area is 261 Å². The first-order valence-corrected chi connectivity index (χ1v) is 16.2. The van der Waals surface area contributed by atoms with Gasteiger partial charge in [0, 0.05) is 69.8 Å². The second kappa shape index (κ2) is 14.4. The third-order valence-electron chi connectivity index (χ3n) is 9.62. The highest BCUT2D eigenvalue weighted by Gasteiger charge is 2.32. The van der Waals surface area contributed by atoms with Crippen LogP contribution in [0.4, 0.5) is 23.0 Å². The number of hydrogen-bond donors (Lipinski definition) is 3. The number of primary amides is 1. The lowest BCUT2D eigenvalue weighted by molar-refractivity contribution is -0.127. The van der Waals surface area contributed by atoms with Gasteiger partial charge in [0.2, 0.25) is 5.91 Å². The Kier molecular flexibility index (Phi) is 10.4. The van der Waals surface area contributed by atoms with Gasteiger partial charge in [-0.25, -0.2) is 9.97 Å². The van der Waals surface area contributed by atoms with Crippen molar-refractivity contribution in [3.05, 3.63) is 48.3 Å². The molecule has 3 heterocycles. The van der Waals surface area contributed by atoms with E-state index in [2.05, 4.69) is 56.1 Å². The predicted molar refractivity (Wildman–Crippen MR) is 177 cm³/mol. The van der Waals surface area contributed by atoms with Gasteiger partial charge in [-0.2, -0.15) is 0 Å². The number of anilines is 4. The van der Waals surface area contributed by atoms with Crippen molar-refractivity contribution in [3.8, 4) is 0 Å². The summed E-state index contributed by atoms with van der Waals surface area (Å²) in [5.74, 6) is 0.199. The second-order valence-corrected chi connectivity index (χ2v) is 12.4. The van der Waals surface area contributed by atoms with Gasteiger partial charge in [-0.3, -0.25) is 14.5 Å². The van der Waals surface area contributed by atoms with Crippen molar-refractivity contribution in [2.75, 3.05) is 68.9 Å². The number of aryl methyl sites for hydroxylation is 1. The maximum Gasteiger partial charge on any atom is 0.271 e. The molecule has 0 radical (unpaired) electrons. The van der Waals surface area contributed by atoms with Crippen molar-refractivity contribution in [1.82, 2.24) is 24.7 Å². The van der Waals surface area contributed by atoms with Gasteiger partial charge in [0.15, 0.2) is 17.3 Å². The van der Waals surface area contributed by atoms with E-state index < -0.39 is 5.91 Å². The van der Waals surface area contributed by atoms with E-state index in [1.165, 1.54) is 37.7 Å². The van der Waals surface area contributed by atoms with Crippen LogP contribution >= 0.6 is 0 Å². The topological polar surface area (TPSA) is 123 Å². The summed E-state index contributed by atoms with van der Waals surface area (Å²) in [6.45, 7) is 12.4. The zero-order valence-corrected chi connectivity index (χ0v) is 26.6. The van der Waals surface area contributed by atoms with Gasteiger partial charge in [-0.1, -0.05) is 26.3 Å². The molecule has 5 rings (SSSR count). The quantitative estimate of drug-likeness (QED) is 0.351. The maximum absolute atomic E-state index is 12.4. The summed E-state index contributed by atoms with van der Waals surface area (Å²) in [6, 6.07) is 8.96. The van der Waals surface area contributed by atoms with Crippen molar-refractivity contribution in [3.63, 3.8) is 0 Å². The van der Waals surface area contributed by atoms with Crippen LogP contribution in [-0.4, -0.2) is 108 Å². The molecule has 2 aliphatic heterocycles. The van der Waals surface area contributed by atoms with Crippen molar-refractivity contribution < 1.29 is 9.59 Å². The van der Waals surface area contributed by atoms with Gasteiger partial charge in [-0.05, 0) is 69.5 Å². The smallest absolute Gasteiger partial charge is 0.271 e. The van der Waals surface area contributed by atoms with E-state index in [4.69, 9.17) is 10.7 Å². The minimum atomic E-state index is -0.632. The molecule has 44 heavy (non-hydrogen) atoms. The Morgan fingerprint density at radius 3 is 2.32 bits per heavy atom. The lowest BCUT2D eigenvalue weighted by Gasteiger charge is -2.42. The first-order chi connectivity index (χ1) is 21.3. The lowest BCUT2D eigenvalue weighted by Crippen LogP contribution is -2.52. The van der Waals surface area contributed by atoms with Crippen LogP contribution in [0.2, 0.25) is 0 Å². The molecule has 2 atom stereocenters. The van der Waals surface area contributed by atoms with E-state index in [-0.39, 0.29) is 23.7 Å². The number of benzene rings is 1. The Balaban J connectivity index is 1.28. The Hall–Kier alpha value is -3.70. The highest BCUT2D eigenvalue weighted by Crippen LogP contribution is 2.30. The molecule has 1 saturated carbocycles. The number of likely N-dealkylation sites (N-methyl/N-ethyl adjacent to an activating group) is 2. The van der Waals surface area contributed by atoms with Gasteiger partial charge in [0.1, 0.15) is 0 Å². The number of nitrogens with zero attached hydrogens (tertiary/aromatic N) is 6. The Bertz CT molecular complexity index is 1300. The standard InChI is InChI=1S/C33H49N9O2/c1-5-26-32(37-27-9-7-8-10-28(27)40(4)29(43)6-2)38-33(30(36-26)31(34)44)35-23-11-13-24(14-12-23)41-17-15-25(16-18-41)42-21-19-39(3)20-22-42/h6,11-14,25,27-28H,2,5,7-10,15-22H2,1,3-4H3,(H2,34,44)(H2,35,37,38)/t27-,28+/m1/s1. The molecule has 1 aromatic carbocycles. The van der Waals surface area contributed by atoms with Crippen LogP contribution in [0.5, 0.6) is 0 Å². The van der Waals surface area contributed by atoms with E-state index in [0.29, 0.717) is 29.8 Å². The number of carbonyl (C=O) groups is 2. The fraction of sp³-hybridized carbons (Fsp3) is 0.576. The number of nitrogens with one attached hydrogen (secondary N) is 2. The molecule has 1 aliphatic carbocycles. The van der Waals surface area contributed by atoms with Gasteiger partial charge in [0.25, 0.3) is 5.91 Å². The molecule has 0 spiro atoms. The van der Waals surface area contributed by atoms with Gasteiger partial charge < -0.3 is 31.1 Å². The monoisotopic (exact) mass is 603 g/mol. The van der Waals surface area contributed by atoms with Crippen molar-refractivity contribution in [2.45, 2.75) is 70.0 Å². The third-order valence-corrected chi connectivity index (χ3v) is 9.62. The zero-order chi connectivity index (χ0) is 31.2. The number of aromatic nitrogens is 2. The summed E-state index contributed by atoms with van der Waals surface area (Å²) >= 11 is 0. The number of rotatable bonds is 10. The minimum absolute atomic E-state index is 0.00389. The van der Waals surface area contributed by atoms with Gasteiger partial charge in [0.05, 0.1) is 11.7 Å². The van der Waals surface area contributed by atoms with Crippen LogP contribution in [0.25, 0.3) is 0 Å². The van der Waals surface area contributed by atoms with E-state index in [1.54, 1.807) is 4.90 Å². The lowest BCUT2D eigenvalue weighted by atomic mass is 9.89. The number of nitrogens with two attached hydrogens (primary N) is 1. The molecule has 11 nitrogen and oxygen atoms in total. The van der Waals surface area contributed by atoms with Crippen molar-refractivity contribution in [2.24, 2.45) is 5.73 Å². The van der Waals surface area contributed by atoms with Crippen LogP contribution in [0.3, 0.4) is 0 Å². The molecule has 0 unspecified atom stereocenters. The minimum Gasteiger partial charge on any atom is -0.371 e. The first kappa shape index (κ1) is 31.7. The largest absolute Gasteiger partial charge is 0.371 e. The normalized spacial score (nSPS) is 21.9. The van der Waals surface area contributed by atoms with Gasteiger partial charge >= 0.3 is 0 Å². The molecule has 4 N–H and O–H groups in total. The third kappa shape index (κ3) is 7.32. The molecule has 0 bridgehead atoms. The van der Waals surface area contributed by atoms with Crippen LogP contribution < -0.4 is 21.3 Å². The zero-order valence-electron chi connectivity index (χ0n) is 26.6. The first-order valence-electron chi connectivity index (χ1n) is 16.2. The summed E-state index contributed by atoms with van der Waals surface area (Å²) in [7, 11) is 4.03. The molecule has 2 amide bonds. The molecule has 3 aliphatic rings. The molecular formula is C33H49N9O2. The summed E-state index contributed by atoms with van der Waals surface area (Å²) in [5, 5.41) is 6.88. The summed E-state index contributed by atoms with van der Waals surface area (Å²) in [5.41, 5.74) is 8.54. The summed E-state index contributed by atoms with van der Waals surface area (Å²) in [6.07, 6.45) is 8.21. The summed E-state index contributed by atoms with van der Waals surface area (Å²) < 4.78 is 0. The van der Waals surface area contributed by atoms with Crippen LogP contribution in [0.1, 0.15) is 61.6 Å². The van der Waals surface area contributed by atoms with Crippen molar-refractivity contribution >= 4 is 34.8 Å². The average molecular weight is 604 g/mol. The highest BCUT2D eigenvalue weighted by molar-refractivity contribution is 5.96. The molecule has 2 saturated heterocycles. The number of amides is 2. The van der Waals surface area contributed by atoms with Crippen molar-refractivity contribution in [1.29, 1.82) is 0 Å². The number of hydrogen-bond acceptors (Lipinski definition) is 9. The Morgan fingerprint density at radius 2 is 1.68 bits per heavy atom. The fourth-order valence-corrected chi connectivity index (χ4v) is 6.89. The SMILES string of the molecule is C=CC(=O)N(C)[C@H]1CCCC[C@H]1Nc1nc(Nc2ccc(N3CCC(N4CCN(C)CC4)CC3)cc2)c(C(N)=O)nc1CC. The number of piperidine rings is 1. The fourth-order valence-electron chi connectivity index (χ4n) is 6.89. The molecule has 1 aromatic heterocycles. The van der Waals surface area contributed by atoms with E-state index in [9.17, 15) is 9.59 Å². The molecule has 238 valence electrons. The van der Waals surface area contributed by atoms with Crippen LogP contribution in [0.15, 0.2) is 36.9 Å². The highest BCUT2D eigenvalue weighted by atomic mass is 16.2. The number of carbonyl (C=O) groups excluding carboxylic acids is 2. The number of piperazine rings is 1. The van der Waals surface area contributed by atoms with E-state index >= 15 is 0 Å². The molecular weight excluding hydrogens is 554 g/mol. The predicted octanol–water partition coefficient (Wildman–Crippen LogP) is 3.47. The van der Waals surface area contributed by atoms with E-state index in [0.717, 1.165) is 57.5 Å². The summed E-state index contributed by atoms with van der Waals surface area (Å²) in [4.78, 5) is 43.6. The Morgan fingerprint density at radius 1 is 1.00 bits per heavy atom. The van der Waals surface area contributed by atoms with Crippen LogP contribution in [0, 0.1) is 0 Å². The van der Waals surface area contributed by atoms with E-state index in [1.807, 2.05) is 26.1 Å². The molecule has 2 aromatic rings.